The van der Waals surface area contributed by atoms with E-state index >= 15 is 0 Å². The summed E-state index contributed by atoms with van der Waals surface area (Å²) in [5, 5.41) is 3.43. The van der Waals surface area contributed by atoms with Crippen molar-refractivity contribution in [3.05, 3.63) is 0 Å². The molecule has 0 saturated carbocycles. The topological polar surface area (TPSA) is 32.3 Å². The van der Waals surface area contributed by atoms with Gasteiger partial charge >= 0.3 is 0 Å². The van der Waals surface area contributed by atoms with Gasteiger partial charge in [0.1, 0.15) is 0 Å². The van der Waals surface area contributed by atoms with Crippen molar-refractivity contribution in [1.82, 2.24) is 10.2 Å². The van der Waals surface area contributed by atoms with Crippen LogP contribution in [0.1, 0.15) is 32.6 Å². The second-order valence-electron chi connectivity index (χ2n) is 4.50. The van der Waals surface area contributed by atoms with E-state index in [0.29, 0.717) is 0 Å². The van der Waals surface area contributed by atoms with Crippen molar-refractivity contribution in [2.75, 3.05) is 44.2 Å². The van der Waals surface area contributed by atoms with E-state index in [-0.39, 0.29) is 0 Å². The number of rotatable bonds is 8. The molecular formula is C12H26N2OS. The van der Waals surface area contributed by atoms with Crippen LogP contribution in [0.2, 0.25) is 0 Å². The van der Waals surface area contributed by atoms with Gasteiger partial charge in [-0.3, -0.25) is 4.21 Å². The lowest BCUT2D eigenvalue weighted by atomic mass is 10.2. The van der Waals surface area contributed by atoms with Gasteiger partial charge in [-0.25, -0.2) is 0 Å². The van der Waals surface area contributed by atoms with Crippen LogP contribution in [-0.2, 0) is 10.8 Å². The fraction of sp³-hybridized carbons (Fsp3) is 1.00. The highest BCUT2D eigenvalue weighted by Gasteiger charge is 2.13. The first kappa shape index (κ1) is 14.1. The molecule has 0 atom stereocenters. The second-order valence-corrected chi connectivity index (χ2v) is 6.20. The van der Waals surface area contributed by atoms with Gasteiger partial charge in [0.15, 0.2) is 0 Å². The average molecular weight is 246 g/mol. The lowest BCUT2D eigenvalue weighted by molar-refractivity contribution is 0.291. The predicted octanol–water partition coefficient (Wildman–Crippen LogP) is 1.22. The molecule has 16 heavy (non-hydrogen) atoms. The highest BCUT2D eigenvalue weighted by molar-refractivity contribution is 7.85. The zero-order chi connectivity index (χ0) is 11.6. The van der Waals surface area contributed by atoms with E-state index in [0.717, 1.165) is 37.7 Å². The number of nitrogens with one attached hydrogen (secondary N) is 1. The molecule has 0 unspecified atom stereocenters. The van der Waals surface area contributed by atoms with Gasteiger partial charge < -0.3 is 10.2 Å². The molecule has 1 N–H and O–H groups in total. The lowest BCUT2D eigenvalue weighted by Gasteiger charge is -2.25. The van der Waals surface area contributed by atoms with Crippen LogP contribution in [0.4, 0.5) is 0 Å². The van der Waals surface area contributed by atoms with Crippen molar-refractivity contribution in [2.24, 2.45) is 0 Å². The Bertz CT molecular complexity index is 189. The monoisotopic (exact) mass is 246 g/mol. The number of hydrogen-bond acceptors (Lipinski definition) is 3. The lowest BCUT2D eigenvalue weighted by Crippen LogP contribution is -2.38. The number of unbranched alkanes of at least 4 members (excludes halogenated alkanes) is 2. The van der Waals surface area contributed by atoms with E-state index in [2.05, 4.69) is 17.1 Å². The fourth-order valence-electron chi connectivity index (χ4n) is 1.96. The van der Waals surface area contributed by atoms with Crippen LogP contribution in [0.15, 0.2) is 0 Å². The van der Waals surface area contributed by atoms with Gasteiger partial charge in [-0.2, -0.15) is 0 Å². The van der Waals surface area contributed by atoms with Crippen LogP contribution in [0.5, 0.6) is 0 Å². The summed E-state index contributed by atoms with van der Waals surface area (Å²) >= 11 is 0. The van der Waals surface area contributed by atoms with Gasteiger partial charge in [-0.15, -0.1) is 0 Å². The van der Waals surface area contributed by atoms with E-state index < -0.39 is 10.8 Å². The molecule has 1 aliphatic rings. The normalized spacial score (nSPS) is 19.1. The second kappa shape index (κ2) is 9.14. The Balaban J connectivity index is 1.85. The molecule has 3 nitrogen and oxygen atoms in total. The SMILES string of the molecule is CCCNCCCCCN1CCS(=O)CC1. The summed E-state index contributed by atoms with van der Waals surface area (Å²) in [5.74, 6) is 1.77. The summed E-state index contributed by atoms with van der Waals surface area (Å²) in [4.78, 5) is 2.46. The Hall–Kier alpha value is 0.0700. The third-order valence-corrected chi connectivity index (χ3v) is 4.30. The first-order valence-electron chi connectivity index (χ1n) is 6.61. The van der Waals surface area contributed by atoms with Gasteiger partial charge in [-0.05, 0) is 38.9 Å². The van der Waals surface area contributed by atoms with Crippen LogP contribution < -0.4 is 5.32 Å². The zero-order valence-corrected chi connectivity index (χ0v) is 11.4. The molecule has 1 rings (SSSR count). The van der Waals surface area contributed by atoms with Gasteiger partial charge in [0.05, 0.1) is 0 Å². The maximum Gasteiger partial charge on any atom is 0.0363 e. The Kier molecular flexibility index (Phi) is 8.07. The minimum atomic E-state index is -0.525. The quantitative estimate of drug-likeness (QED) is 0.654. The summed E-state index contributed by atoms with van der Waals surface area (Å²) in [6.45, 7) is 7.80. The summed E-state index contributed by atoms with van der Waals surface area (Å²) < 4.78 is 11.2. The predicted molar refractivity (Wildman–Crippen MR) is 71.3 cm³/mol. The molecule has 0 spiro atoms. The molecule has 1 saturated heterocycles. The van der Waals surface area contributed by atoms with E-state index in [1.165, 1.54) is 32.2 Å². The Morgan fingerprint density at radius 2 is 1.88 bits per heavy atom. The fourth-order valence-corrected chi connectivity index (χ4v) is 3.09. The van der Waals surface area contributed by atoms with Crippen molar-refractivity contribution in [3.63, 3.8) is 0 Å². The molecule has 0 aromatic heterocycles. The van der Waals surface area contributed by atoms with Crippen molar-refractivity contribution in [2.45, 2.75) is 32.6 Å². The third kappa shape index (κ3) is 6.61. The molecular weight excluding hydrogens is 220 g/mol. The first-order chi connectivity index (χ1) is 7.83. The van der Waals surface area contributed by atoms with Crippen molar-refractivity contribution in [3.8, 4) is 0 Å². The van der Waals surface area contributed by atoms with Gasteiger partial charge in [0.25, 0.3) is 0 Å². The molecule has 1 fully saturated rings. The average Bonchev–Trinajstić information content (AvgIpc) is 2.30. The van der Waals surface area contributed by atoms with Crippen LogP contribution in [0, 0.1) is 0 Å². The summed E-state index contributed by atoms with van der Waals surface area (Å²) in [6, 6.07) is 0. The van der Waals surface area contributed by atoms with Crippen LogP contribution in [0.3, 0.4) is 0 Å². The summed E-state index contributed by atoms with van der Waals surface area (Å²) in [7, 11) is -0.525. The van der Waals surface area contributed by atoms with Gasteiger partial charge in [0.2, 0.25) is 0 Å². The minimum Gasteiger partial charge on any atom is -0.317 e. The van der Waals surface area contributed by atoms with Crippen molar-refractivity contribution >= 4 is 10.8 Å². The molecule has 0 amide bonds. The minimum absolute atomic E-state index is 0.525. The summed E-state index contributed by atoms with van der Waals surface area (Å²) in [6.07, 6.45) is 5.13. The Morgan fingerprint density at radius 1 is 1.12 bits per heavy atom. The standard InChI is InChI=1S/C12H26N2OS/c1-2-6-13-7-4-3-5-8-14-9-11-16(15)12-10-14/h13H,2-12H2,1H3. The Labute approximate surface area is 102 Å². The summed E-state index contributed by atoms with van der Waals surface area (Å²) in [5.41, 5.74) is 0. The molecule has 0 aliphatic carbocycles. The third-order valence-electron chi connectivity index (χ3n) is 3.03. The van der Waals surface area contributed by atoms with E-state index in [4.69, 9.17) is 0 Å². The largest absolute Gasteiger partial charge is 0.317 e. The number of hydrogen-bond donors (Lipinski definition) is 1. The van der Waals surface area contributed by atoms with Crippen molar-refractivity contribution in [1.29, 1.82) is 0 Å². The zero-order valence-electron chi connectivity index (χ0n) is 10.5. The molecule has 96 valence electrons. The first-order valence-corrected chi connectivity index (χ1v) is 8.09. The Morgan fingerprint density at radius 3 is 2.56 bits per heavy atom. The number of nitrogens with zero attached hydrogens (tertiary/aromatic N) is 1. The smallest absolute Gasteiger partial charge is 0.0363 e. The van der Waals surface area contributed by atoms with Crippen LogP contribution in [-0.4, -0.2) is 53.3 Å². The molecule has 0 radical (unpaired) electrons. The molecule has 4 heteroatoms. The molecule has 1 aliphatic heterocycles. The maximum absolute atomic E-state index is 11.2. The van der Waals surface area contributed by atoms with Gasteiger partial charge in [-0.1, -0.05) is 13.3 Å². The van der Waals surface area contributed by atoms with Crippen LogP contribution >= 0.6 is 0 Å². The molecule has 0 aromatic rings. The van der Waals surface area contributed by atoms with Crippen LogP contribution in [0.25, 0.3) is 0 Å². The van der Waals surface area contributed by atoms with Crippen molar-refractivity contribution < 1.29 is 4.21 Å². The molecule has 0 bridgehead atoms. The highest BCUT2D eigenvalue weighted by atomic mass is 32.2. The molecule has 1 heterocycles. The van der Waals surface area contributed by atoms with E-state index in [9.17, 15) is 4.21 Å². The van der Waals surface area contributed by atoms with E-state index in [1.807, 2.05) is 0 Å². The van der Waals surface area contributed by atoms with E-state index in [1.54, 1.807) is 0 Å². The van der Waals surface area contributed by atoms with Gasteiger partial charge in [0, 0.05) is 35.4 Å². The molecule has 0 aromatic carbocycles. The maximum atomic E-state index is 11.2. The highest BCUT2D eigenvalue weighted by Crippen LogP contribution is 2.03.